The Morgan fingerprint density at radius 1 is 1.30 bits per heavy atom. The fraction of sp³-hybridized carbons (Fsp3) is 0.533. The van der Waals surface area contributed by atoms with Crippen molar-refractivity contribution in [3.63, 3.8) is 0 Å². The first kappa shape index (κ1) is 13.2. The summed E-state index contributed by atoms with van der Waals surface area (Å²) in [5.74, 6) is 0.560. The summed E-state index contributed by atoms with van der Waals surface area (Å²) in [4.78, 5) is 19.0. The number of carbonyl (C=O) groups excluding carboxylic acids is 1. The van der Waals surface area contributed by atoms with Gasteiger partial charge in [0.2, 0.25) is 0 Å². The molecule has 2 heterocycles. The van der Waals surface area contributed by atoms with E-state index in [1.807, 2.05) is 6.07 Å². The second kappa shape index (κ2) is 5.71. The van der Waals surface area contributed by atoms with Crippen LogP contribution in [0.1, 0.15) is 13.3 Å². The van der Waals surface area contributed by atoms with Gasteiger partial charge in [-0.1, -0.05) is 18.2 Å². The Bertz CT molecular complexity index is 465. The smallest absolute Gasteiger partial charge is 0.433 e. The van der Waals surface area contributed by atoms with E-state index in [0.29, 0.717) is 18.6 Å². The quantitative estimate of drug-likeness (QED) is 0.792. The molecule has 5 heteroatoms. The van der Waals surface area contributed by atoms with Crippen LogP contribution in [-0.4, -0.2) is 43.5 Å². The molecule has 0 N–H and O–H groups in total. The van der Waals surface area contributed by atoms with Crippen molar-refractivity contribution in [2.75, 3.05) is 31.1 Å². The summed E-state index contributed by atoms with van der Waals surface area (Å²) in [5.41, 5.74) is 1.25. The number of nitrogens with zero attached hydrogens (tertiary/aromatic N) is 2. The lowest BCUT2D eigenvalue weighted by atomic mass is 10.1. The van der Waals surface area contributed by atoms with Crippen molar-refractivity contribution >= 4 is 11.8 Å². The number of anilines is 1. The summed E-state index contributed by atoms with van der Waals surface area (Å²) in [6.07, 6.45) is 0.543. The van der Waals surface area contributed by atoms with E-state index in [2.05, 4.69) is 29.2 Å². The number of hydroxylamine groups is 2. The molecule has 5 nitrogen and oxygen atoms in total. The topological polar surface area (TPSA) is 42.0 Å². The summed E-state index contributed by atoms with van der Waals surface area (Å²) in [6, 6.07) is 10.8. The maximum Gasteiger partial charge on any atom is 0.527 e. The van der Waals surface area contributed by atoms with Gasteiger partial charge < -0.3 is 14.5 Å². The van der Waals surface area contributed by atoms with Crippen molar-refractivity contribution in [3.05, 3.63) is 30.3 Å². The molecule has 20 heavy (non-hydrogen) atoms. The van der Waals surface area contributed by atoms with Gasteiger partial charge in [-0.15, -0.1) is 5.06 Å². The largest absolute Gasteiger partial charge is 0.527 e. The lowest BCUT2D eigenvalue weighted by Gasteiger charge is -2.26. The normalized spacial score (nSPS) is 25.6. The van der Waals surface area contributed by atoms with E-state index in [0.717, 1.165) is 26.1 Å². The van der Waals surface area contributed by atoms with E-state index < -0.39 is 6.16 Å². The van der Waals surface area contributed by atoms with Gasteiger partial charge in [-0.05, 0) is 31.4 Å². The van der Waals surface area contributed by atoms with Crippen LogP contribution in [0.5, 0.6) is 0 Å². The minimum Gasteiger partial charge on any atom is -0.433 e. The van der Waals surface area contributed by atoms with Gasteiger partial charge in [0.25, 0.3) is 0 Å². The third-order valence-electron chi connectivity index (χ3n) is 4.07. The van der Waals surface area contributed by atoms with Crippen molar-refractivity contribution in [1.82, 2.24) is 5.06 Å². The van der Waals surface area contributed by atoms with E-state index in [-0.39, 0.29) is 0 Å². The first-order valence-corrected chi connectivity index (χ1v) is 7.19. The van der Waals surface area contributed by atoms with Crippen molar-refractivity contribution < 1.29 is 14.4 Å². The predicted octanol–water partition coefficient (Wildman–Crippen LogP) is 2.29. The van der Waals surface area contributed by atoms with Crippen molar-refractivity contribution in [3.8, 4) is 0 Å². The average Bonchev–Trinajstić information content (AvgIpc) is 2.99. The molecule has 2 aliphatic rings. The summed E-state index contributed by atoms with van der Waals surface area (Å²) in [6.45, 7) is 4.74. The highest BCUT2D eigenvalue weighted by Crippen LogP contribution is 2.34. The highest BCUT2D eigenvalue weighted by molar-refractivity contribution is 5.59. The minimum absolute atomic E-state index is 0.343. The molecule has 2 unspecified atom stereocenters. The van der Waals surface area contributed by atoms with Gasteiger partial charge in [0.05, 0.1) is 13.2 Å². The predicted molar refractivity (Wildman–Crippen MR) is 75.4 cm³/mol. The first-order valence-electron chi connectivity index (χ1n) is 7.19. The molecule has 2 atom stereocenters. The standard InChI is InChI=1S/C15H20N2O3/c1-2-19-15(18)20-16-10-12-8-9-17(14(12)11-16)13-6-4-3-5-7-13/h3-7,12,14H,2,8-11H2,1H3. The zero-order chi connectivity index (χ0) is 13.9. The Morgan fingerprint density at radius 2 is 2.10 bits per heavy atom. The third kappa shape index (κ3) is 2.58. The van der Waals surface area contributed by atoms with Crippen LogP contribution in [0.3, 0.4) is 0 Å². The van der Waals surface area contributed by atoms with Crippen molar-refractivity contribution in [1.29, 1.82) is 0 Å². The molecule has 0 saturated carbocycles. The molecule has 108 valence electrons. The van der Waals surface area contributed by atoms with E-state index in [1.54, 1.807) is 12.0 Å². The second-order valence-corrected chi connectivity index (χ2v) is 5.27. The van der Waals surface area contributed by atoms with Gasteiger partial charge in [0.1, 0.15) is 0 Å². The Labute approximate surface area is 119 Å². The van der Waals surface area contributed by atoms with Crippen LogP contribution in [-0.2, 0) is 9.57 Å². The Kier molecular flexibility index (Phi) is 3.78. The van der Waals surface area contributed by atoms with Crippen molar-refractivity contribution in [2.45, 2.75) is 19.4 Å². The highest BCUT2D eigenvalue weighted by Gasteiger charge is 2.43. The fourth-order valence-corrected chi connectivity index (χ4v) is 3.19. The highest BCUT2D eigenvalue weighted by atomic mass is 16.8. The number of fused-ring (bicyclic) bond motifs is 1. The van der Waals surface area contributed by atoms with Gasteiger partial charge in [-0.2, -0.15) is 0 Å². The number of benzene rings is 1. The molecule has 0 bridgehead atoms. The van der Waals surface area contributed by atoms with Gasteiger partial charge >= 0.3 is 6.16 Å². The van der Waals surface area contributed by atoms with E-state index in [9.17, 15) is 4.79 Å². The van der Waals surface area contributed by atoms with Crippen LogP contribution in [0, 0.1) is 5.92 Å². The van der Waals surface area contributed by atoms with Crippen LogP contribution in [0.25, 0.3) is 0 Å². The Hall–Kier alpha value is -1.75. The molecule has 1 aromatic rings. The summed E-state index contributed by atoms with van der Waals surface area (Å²) in [5, 5.41) is 1.74. The lowest BCUT2D eigenvalue weighted by Crippen LogP contribution is -2.35. The van der Waals surface area contributed by atoms with Gasteiger partial charge in [-0.3, -0.25) is 0 Å². The molecule has 3 rings (SSSR count). The van der Waals surface area contributed by atoms with Crippen LogP contribution in [0.4, 0.5) is 10.5 Å². The number of para-hydroxylation sites is 1. The molecule has 0 spiro atoms. The minimum atomic E-state index is -0.598. The average molecular weight is 276 g/mol. The molecular formula is C15H20N2O3. The SMILES string of the molecule is CCOC(=O)ON1CC2CCN(c3ccccc3)C2C1. The van der Waals surface area contributed by atoms with Crippen LogP contribution in [0.2, 0.25) is 0 Å². The maximum atomic E-state index is 11.4. The zero-order valence-corrected chi connectivity index (χ0v) is 11.7. The summed E-state index contributed by atoms with van der Waals surface area (Å²) >= 11 is 0. The molecule has 1 aromatic carbocycles. The monoisotopic (exact) mass is 276 g/mol. The van der Waals surface area contributed by atoms with Crippen LogP contribution < -0.4 is 4.90 Å². The Morgan fingerprint density at radius 3 is 2.85 bits per heavy atom. The van der Waals surface area contributed by atoms with E-state index >= 15 is 0 Å². The molecule has 2 aliphatic heterocycles. The molecule has 0 amide bonds. The van der Waals surface area contributed by atoms with Crippen LogP contribution in [0.15, 0.2) is 30.3 Å². The number of carbonyl (C=O) groups is 1. The van der Waals surface area contributed by atoms with Gasteiger partial charge in [0, 0.05) is 24.8 Å². The van der Waals surface area contributed by atoms with E-state index in [4.69, 9.17) is 9.57 Å². The zero-order valence-electron chi connectivity index (χ0n) is 11.7. The second-order valence-electron chi connectivity index (χ2n) is 5.27. The maximum absolute atomic E-state index is 11.4. The van der Waals surface area contributed by atoms with Crippen LogP contribution >= 0.6 is 0 Å². The Balaban J connectivity index is 1.63. The number of rotatable bonds is 3. The fourth-order valence-electron chi connectivity index (χ4n) is 3.19. The van der Waals surface area contributed by atoms with E-state index in [1.165, 1.54) is 5.69 Å². The molecule has 0 aliphatic carbocycles. The summed E-state index contributed by atoms with van der Waals surface area (Å²) < 4.78 is 4.82. The number of ether oxygens (including phenoxy) is 1. The molecule has 2 fully saturated rings. The number of hydrogen-bond donors (Lipinski definition) is 0. The molecule has 0 radical (unpaired) electrons. The lowest BCUT2D eigenvalue weighted by molar-refractivity contribution is -0.115. The molecular weight excluding hydrogens is 256 g/mol. The first-order chi connectivity index (χ1) is 9.78. The third-order valence-corrected chi connectivity index (χ3v) is 4.07. The molecule has 0 aromatic heterocycles. The van der Waals surface area contributed by atoms with Gasteiger partial charge in [0.15, 0.2) is 0 Å². The van der Waals surface area contributed by atoms with Gasteiger partial charge in [-0.25, -0.2) is 4.79 Å². The summed E-state index contributed by atoms with van der Waals surface area (Å²) in [7, 11) is 0. The number of hydrogen-bond acceptors (Lipinski definition) is 5. The van der Waals surface area contributed by atoms with Crippen molar-refractivity contribution in [2.24, 2.45) is 5.92 Å². The molecule has 2 saturated heterocycles.